The van der Waals surface area contributed by atoms with Crippen LogP contribution < -0.4 is 10.1 Å². The van der Waals surface area contributed by atoms with Crippen molar-refractivity contribution in [1.82, 2.24) is 5.32 Å². The van der Waals surface area contributed by atoms with E-state index < -0.39 is 6.04 Å². The van der Waals surface area contributed by atoms with Crippen LogP contribution in [-0.4, -0.2) is 24.6 Å². The number of rotatable bonds is 8. The van der Waals surface area contributed by atoms with Gasteiger partial charge in [0.05, 0.1) is 18.6 Å². The summed E-state index contributed by atoms with van der Waals surface area (Å²) < 4.78 is 10.8. The van der Waals surface area contributed by atoms with E-state index in [9.17, 15) is 9.59 Å². The molecule has 2 aromatic carbocycles. The van der Waals surface area contributed by atoms with Crippen LogP contribution in [0.15, 0.2) is 48.5 Å². The molecule has 0 aliphatic carbocycles. The summed E-state index contributed by atoms with van der Waals surface area (Å²) in [5.74, 6) is 0.0237. The largest absolute Gasteiger partial charge is 0.484 e. The van der Waals surface area contributed by atoms with Gasteiger partial charge in [0.2, 0.25) is 0 Å². The molecular weight excluding hydrogens is 342 g/mol. The molecule has 0 saturated carbocycles. The van der Waals surface area contributed by atoms with E-state index in [4.69, 9.17) is 9.47 Å². The fraction of sp³-hybridized carbons (Fsp3) is 0.364. The van der Waals surface area contributed by atoms with E-state index in [1.54, 1.807) is 13.8 Å². The standard InChI is InChI=1S/C22H27NO4/c1-15(2)27-22(25)13-19(18-11-9-16(3)10-12-18)23-21(24)14-26-20-8-6-5-7-17(20)4/h5-12,15,19H,13-14H2,1-4H3,(H,23,24). The quantitative estimate of drug-likeness (QED) is 0.717. The highest BCUT2D eigenvalue weighted by molar-refractivity contribution is 5.79. The van der Waals surface area contributed by atoms with E-state index in [0.29, 0.717) is 5.75 Å². The maximum absolute atomic E-state index is 12.4. The number of aryl methyl sites for hydroxylation is 2. The third kappa shape index (κ3) is 6.77. The molecule has 0 radical (unpaired) electrons. The second-order valence-corrected chi connectivity index (χ2v) is 6.83. The van der Waals surface area contributed by atoms with Crippen LogP contribution in [0.5, 0.6) is 5.75 Å². The topological polar surface area (TPSA) is 64.6 Å². The third-order valence-electron chi connectivity index (χ3n) is 4.01. The van der Waals surface area contributed by atoms with Crippen LogP contribution in [0, 0.1) is 13.8 Å². The summed E-state index contributed by atoms with van der Waals surface area (Å²) in [4.78, 5) is 24.5. The summed E-state index contributed by atoms with van der Waals surface area (Å²) in [6.07, 6.45) is -0.131. The fourth-order valence-electron chi connectivity index (χ4n) is 2.63. The lowest BCUT2D eigenvalue weighted by Gasteiger charge is -2.20. The van der Waals surface area contributed by atoms with E-state index in [2.05, 4.69) is 5.32 Å². The SMILES string of the molecule is Cc1ccc(C(CC(=O)OC(C)C)NC(=O)COc2ccccc2C)cc1. The Kier molecular flexibility index (Phi) is 7.41. The molecule has 1 amide bonds. The van der Waals surface area contributed by atoms with Gasteiger partial charge in [0.25, 0.3) is 5.91 Å². The van der Waals surface area contributed by atoms with Gasteiger partial charge in [-0.25, -0.2) is 0 Å². The number of benzene rings is 2. The molecule has 2 rings (SSSR count). The summed E-state index contributed by atoms with van der Waals surface area (Å²) in [5.41, 5.74) is 2.92. The van der Waals surface area contributed by atoms with E-state index in [1.165, 1.54) is 0 Å². The molecule has 2 aromatic rings. The minimum Gasteiger partial charge on any atom is -0.484 e. The number of amides is 1. The van der Waals surface area contributed by atoms with Gasteiger partial charge in [0.1, 0.15) is 5.75 Å². The van der Waals surface area contributed by atoms with Gasteiger partial charge in [-0.05, 0) is 44.9 Å². The van der Waals surface area contributed by atoms with Crippen molar-refractivity contribution < 1.29 is 19.1 Å². The monoisotopic (exact) mass is 369 g/mol. The van der Waals surface area contributed by atoms with Crippen molar-refractivity contribution in [3.05, 3.63) is 65.2 Å². The van der Waals surface area contributed by atoms with Crippen molar-refractivity contribution in [3.63, 3.8) is 0 Å². The van der Waals surface area contributed by atoms with E-state index in [1.807, 2.05) is 62.4 Å². The Hall–Kier alpha value is -2.82. The maximum atomic E-state index is 12.4. The van der Waals surface area contributed by atoms with Gasteiger partial charge in [0.15, 0.2) is 6.61 Å². The zero-order valence-electron chi connectivity index (χ0n) is 16.3. The number of hydrogen-bond acceptors (Lipinski definition) is 4. The molecule has 5 heteroatoms. The molecular formula is C22H27NO4. The Morgan fingerprint density at radius 1 is 1.00 bits per heavy atom. The van der Waals surface area contributed by atoms with Gasteiger partial charge in [-0.2, -0.15) is 0 Å². The van der Waals surface area contributed by atoms with Crippen LogP contribution in [0.1, 0.15) is 43.0 Å². The van der Waals surface area contributed by atoms with Gasteiger partial charge < -0.3 is 14.8 Å². The molecule has 0 bridgehead atoms. The molecule has 1 atom stereocenters. The van der Waals surface area contributed by atoms with Crippen molar-refractivity contribution in [3.8, 4) is 5.75 Å². The zero-order valence-corrected chi connectivity index (χ0v) is 16.3. The number of carbonyl (C=O) groups excluding carboxylic acids is 2. The highest BCUT2D eigenvalue weighted by atomic mass is 16.5. The predicted molar refractivity (Wildman–Crippen MR) is 105 cm³/mol. The first-order chi connectivity index (χ1) is 12.8. The molecule has 0 aliphatic heterocycles. The van der Waals surface area contributed by atoms with Crippen LogP contribution in [0.2, 0.25) is 0 Å². The number of carbonyl (C=O) groups is 2. The second kappa shape index (κ2) is 9.76. The number of para-hydroxylation sites is 1. The summed E-state index contributed by atoms with van der Waals surface area (Å²) in [6.45, 7) is 7.39. The van der Waals surface area contributed by atoms with E-state index in [0.717, 1.165) is 16.7 Å². The minimum atomic E-state index is -0.468. The van der Waals surface area contributed by atoms with Crippen LogP contribution in [0.25, 0.3) is 0 Å². The Balaban J connectivity index is 2.03. The number of ether oxygens (including phenoxy) is 2. The summed E-state index contributed by atoms with van der Waals surface area (Å²) >= 11 is 0. The first kappa shape index (κ1) is 20.5. The van der Waals surface area contributed by atoms with Crippen molar-refractivity contribution >= 4 is 11.9 Å². The molecule has 0 heterocycles. The van der Waals surface area contributed by atoms with Gasteiger partial charge in [0, 0.05) is 0 Å². The zero-order chi connectivity index (χ0) is 19.8. The summed E-state index contributed by atoms with van der Waals surface area (Å²) in [7, 11) is 0. The second-order valence-electron chi connectivity index (χ2n) is 6.83. The van der Waals surface area contributed by atoms with Crippen LogP contribution in [-0.2, 0) is 14.3 Å². The minimum absolute atomic E-state index is 0.0668. The first-order valence-electron chi connectivity index (χ1n) is 9.09. The van der Waals surface area contributed by atoms with Crippen LogP contribution in [0.3, 0.4) is 0 Å². The smallest absolute Gasteiger partial charge is 0.308 e. The average molecular weight is 369 g/mol. The predicted octanol–water partition coefficient (Wildman–Crippen LogP) is 3.88. The van der Waals surface area contributed by atoms with Gasteiger partial charge in [-0.1, -0.05) is 48.0 Å². The van der Waals surface area contributed by atoms with Gasteiger partial charge in [-0.3, -0.25) is 9.59 Å². The maximum Gasteiger partial charge on any atom is 0.308 e. The molecule has 27 heavy (non-hydrogen) atoms. The van der Waals surface area contributed by atoms with Crippen molar-refractivity contribution in [1.29, 1.82) is 0 Å². The van der Waals surface area contributed by atoms with E-state index in [-0.39, 0.29) is 31.0 Å². The first-order valence-corrected chi connectivity index (χ1v) is 9.09. The van der Waals surface area contributed by atoms with Gasteiger partial charge in [-0.15, -0.1) is 0 Å². The molecule has 1 unspecified atom stereocenters. The lowest BCUT2D eigenvalue weighted by Crippen LogP contribution is -2.34. The van der Waals surface area contributed by atoms with Crippen LogP contribution in [0.4, 0.5) is 0 Å². The number of esters is 1. The highest BCUT2D eigenvalue weighted by Gasteiger charge is 2.20. The Morgan fingerprint density at radius 3 is 2.30 bits per heavy atom. The van der Waals surface area contributed by atoms with Gasteiger partial charge >= 0.3 is 5.97 Å². The average Bonchev–Trinajstić information content (AvgIpc) is 2.60. The Labute approximate surface area is 160 Å². The van der Waals surface area contributed by atoms with Crippen LogP contribution >= 0.6 is 0 Å². The molecule has 0 aliphatic rings. The van der Waals surface area contributed by atoms with Crippen molar-refractivity contribution in [2.24, 2.45) is 0 Å². The molecule has 5 nitrogen and oxygen atoms in total. The molecule has 0 fully saturated rings. The molecule has 0 spiro atoms. The van der Waals surface area contributed by atoms with E-state index >= 15 is 0 Å². The molecule has 144 valence electrons. The number of nitrogens with one attached hydrogen (secondary N) is 1. The summed E-state index contributed by atoms with van der Waals surface area (Å²) in [6, 6.07) is 14.8. The molecule has 0 saturated heterocycles. The molecule has 0 aromatic heterocycles. The van der Waals surface area contributed by atoms with Crippen molar-refractivity contribution in [2.45, 2.75) is 46.3 Å². The fourth-order valence-corrected chi connectivity index (χ4v) is 2.63. The molecule has 1 N–H and O–H groups in total. The lowest BCUT2D eigenvalue weighted by molar-refractivity contribution is -0.148. The Morgan fingerprint density at radius 2 is 1.67 bits per heavy atom. The normalized spacial score (nSPS) is 11.7. The number of hydrogen-bond donors (Lipinski definition) is 1. The lowest BCUT2D eigenvalue weighted by atomic mass is 10.0. The van der Waals surface area contributed by atoms with Crippen molar-refractivity contribution in [2.75, 3.05) is 6.61 Å². The Bertz CT molecular complexity index is 768. The summed E-state index contributed by atoms with van der Waals surface area (Å²) in [5, 5.41) is 2.88. The third-order valence-corrected chi connectivity index (χ3v) is 4.01. The highest BCUT2D eigenvalue weighted by Crippen LogP contribution is 2.19.